The maximum atomic E-state index is 14.7. The zero-order chi connectivity index (χ0) is 69.8. The number of ether oxygens (including phenoxy) is 3. The molecule has 0 radical (unpaired) electrons. The second-order valence-electron chi connectivity index (χ2n) is 25.8. The first-order valence-corrected chi connectivity index (χ1v) is 34.1. The first kappa shape index (κ1) is 70.8. The third-order valence-corrected chi connectivity index (χ3v) is 18.8. The quantitative estimate of drug-likeness (QED) is 0.0118. The van der Waals surface area contributed by atoms with Crippen LogP contribution in [0.4, 0.5) is 31.4 Å². The predicted molar refractivity (Wildman–Crippen MR) is 374 cm³/mol. The van der Waals surface area contributed by atoms with Crippen LogP contribution in [0.3, 0.4) is 0 Å². The van der Waals surface area contributed by atoms with Crippen LogP contribution in [0.2, 0.25) is 0 Å². The van der Waals surface area contributed by atoms with E-state index in [0.29, 0.717) is 70.8 Å². The first-order chi connectivity index (χ1) is 47.0. The number of rotatable bonds is 30. The Bertz CT molecular complexity index is 4180. The number of nitrogens with zero attached hydrogens (tertiary/aromatic N) is 5. The number of carbonyl (C=O) groups excluding carboxylic acids is 10. The number of nitrogens with two attached hydrogens (primary N) is 1. The third kappa shape index (κ3) is 18.0. The van der Waals surface area contributed by atoms with Crippen LogP contribution in [0.5, 0.6) is 11.5 Å². The molecule has 2 atom stereocenters. The third-order valence-electron chi connectivity index (χ3n) is 17.4. The highest BCUT2D eigenvalue weighted by molar-refractivity contribution is 7.17. The number of aryl methyl sites for hydroxylation is 1. The fourth-order valence-electron chi connectivity index (χ4n) is 12.6. The number of benzene rings is 4. The summed E-state index contributed by atoms with van der Waals surface area (Å²) in [4.78, 5) is 144. The molecule has 0 aliphatic carbocycles. The van der Waals surface area contributed by atoms with Gasteiger partial charge in [-0.05, 0) is 141 Å². The number of urea groups is 1. The van der Waals surface area contributed by atoms with Crippen molar-refractivity contribution < 1.29 is 62.2 Å². The summed E-state index contributed by atoms with van der Waals surface area (Å²) >= 11 is 8.10. The molecular weight excluding hydrogens is 1300 g/mol. The largest absolute Gasteiger partial charge is 0.492 e. The Balaban J connectivity index is 0.696. The number of nitrogens with one attached hydrogen (secondary N) is 7. The number of H-pyrrole nitrogens is 2. The standard InChI is InChI=1S/C70H82ClN13O13S/c1-42-39-98-63-56(34-55-62(61(42)63)46(35-71)37-84(55)66(91)54-33-44-30-48(18-20-50(44)78-54)76-65(90)53-32-45-31-49(19-21-51(45)77-53)95-29-28-82-25-9-10-26-82)97-69(94)81(5)41-70(2,3)40-80(4)68(93)96-38-43-14-16-47(17-15-43)75-64(89)52(12-11-24-73-67(72)92)79-58(86)36-74-57(85)13-7-6-8-27-83-59(87)22-23-60(83)88/h14-23,30-34,39,46,52,77-78H,6-13,24-29,35-38,40-41H2,1-5H3,(H,74,85)(H,75,89)(H,76,90)(H,79,86)(H3,72,73,92)/t46-,52-/m0/s1. The lowest BCUT2D eigenvalue weighted by molar-refractivity contribution is -0.137. The molecule has 11 amide bonds. The van der Waals surface area contributed by atoms with Crippen molar-refractivity contribution >= 4 is 131 Å². The van der Waals surface area contributed by atoms with Gasteiger partial charge >= 0.3 is 18.2 Å². The molecule has 1 fully saturated rings. The summed E-state index contributed by atoms with van der Waals surface area (Å²) in [6.45, 7) is 9.95. The average molecular weight is 1380 g/mol. The number of halogens is 1. The highest BCUT2D eigenvalue weighted by Gasteiger charge is 2.38. The predicted octanol–water partition coefficient (Wildman–Crippen LogP) is 9.08. The molecule has 6 heterocycles. The summed E-state index contributed by atoms with van der Waals surface area (Å²) in [5.41, 5.74) is 10.6. The molecule has 9 N–H and O–H groups in total. The van der Waals surface area contributed by atoms with E-state index in [0.717, 1.165) is 62.4 Å². The average Bonchev–Trinajstić information content (AvgIpc) is 1.58. The fraction of sp³-hybridized carbons (Fsp3) is 0.400. The molecule has 28 heteroatoms. The van der Waals surface area contributed by atoms with Gasteiger partial charge in [-0.15, -0.1) is 22.9 Å². The molecule has 3 aromatic heterocycles. The number of likely N-dealkylation sites (tertiary alicyclic amines) is 1. The maximum absolute atomic E-state index is 14.7. The van der Waals surface area contributed by atoms with Crippen molar-refractivity contribution in [3.8, 4) is 11.5 Å². The molecular formula is C70H82ClN13O13S. The molecule has 3 aliphatic rings. The van der Waals surface area contributed by atoms with E-state index >= 15 is 0 Å². The number of primary amides is 1. The van der Waals surface area contributed by atoms with E-state index in [-0.39, 0.29) is 106 Å². The van der Waals surface area contributed by atoms with Crippen molar-refractivity contribution in [3.05, 3.63) is 124 Å². The Morgan fingerprint density at radius 2 is 1.46 bits per heavy atom. The first-order valence-electron chi connectivity index (χ1n) is 32.7. The Kier molecular flexibility index (Phi) is 23.1. The lowest BCUT2D eigenvalue weighted by Gasteiger charge is -2.33. The van der Waals surface area contributed by atoms with Gasteiger partial charge in [0.15, 0.2) is 5.75 Å². The van der Waals surface area contributed by atoms with Crippen molar-refractivity contribution in [2.24, 2.45) is 11.1 Å². The van der Waals surface area contributed by atoms with Crippen LogP contribution in [0.1, 0.15) is 109 Å². The van der Waals surface area contributed by atoms with Crippen molar-refractivity contribution in [1.82, 2.24) is 45.5 Å². The minimum atomic E-state index is -1.06. The SMILES string of the molecule is Cc1csc2c(OC(=O)N(C)CC(C)(C)CN(C)C(=O)OCc3ccc(NC(=O)[C@H](CCCNC(N)=O)NC(=O)CNC(=O)CCCCCN4C(=O)C=CC4=O)cc3)cc3c(c12)[C@@H](CCl)CN3C(=O)c1cc2cc(NC(=O)c3cc4cc(OCCN5CCCC5)ccc4[nH]3)ccc2[nH]1. The lowest BCUT2D eigenvalue weighted by atomic mass is 9.92. The molecule has 0 saturated carbocycles. The van der Waals surface area contributed by atoms with Crippen LogP contribution in [0.15, 0.2) is 96.4 Å². The number of thiophene rings is 1. The molecule has 0 bridgehead atoms. The summed E-state index contributed by atoms with van der Waals surface area (Å²) < 4.78 is 18.6. The number of hydrogen-bond donors (Lipinski definition) is 8. The summed E-state index contributed by atoms with van der Waals surface area (Å²) in [7, 11) is 3.20. The van der Waals surface area contributed by atoms with Gasteiger partial charge in [-0.25, -0.2) is 14.4 Å². The van der Waals surface area contributed by atoms with Gasteiger partial charge in [0.05, 0.1) is 16.9 Å². The number of anilines is 3. The van der Waals surface area contributed by atoms with Gasteiger partial charge in [0.1, 0.15) is 36.4 Å². The van der Waals surface area contributed by atoms with Crippen LogP contribution in [-0.4, -0.2) is 181 Å². The van der Waals surface area contributed by atoms with Gasteiger partial charge < -0.3 is 71.2 Å². The number of alkyl halides is 1. The number of fused-ring (bicyclic) bond motifs is 5. The number of aromatic nitrogens is 2. The molecule has 10 rings (SSSR count). The summed E-state index contributed by atoms with van der Waals surface area (Å²) in [5.74, 6) is -1.93. The summed E-state index contributed by atoms with van der Waals surface area (Å²) in [5, 5.41) is 17.8. The number of aromatic amines is 2. The number of hydrogen-bond acceptors (Lipinski definition) is 15. The monoisotopic (exact) mass is 1380 g/mol. The molecule has 0 unspecified atom stereocenters. The normalized spacial score (nSPS) is 14.8. The molecule has 7 aromatic rings. The van der Waals surface area contributed by atoms with Crippen LogP contribution in [0.25, 0.3) is 31.9 Å². The van der Waals surface area contributed by atoms with Crippen molar-refractivity contribution in [1.29, 1.82) is 0 Å². The van der Waals surface area contributed by atoms with Gasteiger partial charge in [0.25, 0.3) is 23.6 Å². The second-order valence-corrected chi connectivity index (χ2v) is 26.9. The van der Waals surface area contributed by atoms with E-state index in [1.165, 1.54) is 46.1 Å². The Labute approximate surface area is 575 Å². The highest BCUT2D eigenvalue weighted by Crippen LogP contribution is 2.49. The van der Waals surface area contributed by atoms with E-state index < -0.39 is 48.0 Å². The highest BCUT2D eigenvalue weighted by atomic mass is 35.5. The van der Waals surface area contributed by atoms with E-state index in [1.54, 1.807) is 73.6 Å². The van der Waals surface area contributed by atoms with E-state index in [4.69, 9.17) is 31.5 Å². The van der Waals surface area contributed by atoms with Gasteiger partial charge in [-0.1, -0.05) is 32.4 Å². The van der Waals surface area contributed by atoms with E-state index in [9.17, 15) is 47.9 Å². The van der Waals surface area contributed by atoms with Crippen LogP contribution in [0, 0.1) is 12.3 Å². The number of amides is 11. The van der Waals surface area contributed by atoms with Crippen molar-refractivity contribution in [3.63, 3.8) is 0 Å². The molecule has 0 spiro atoms. The van der Waals surface area contributed by atoms with Gasteiger partial charge in [-0.3, -0.25) is 43.4 Å². The molecule has 98 heavy (non-hydrogen) atoms. The van der Waals surface area contributed by atoms with Crippen LogP contribution < -0.4 is 46.7 Å². The Morgan fingerprint density at radius 3 is 2.18 bits per heavy atom. The van der Waals surface area contributed by atoms with Gasteiger partial charge in [0, 0.05) is 134 Å². The van der Waals surface area contributed by atoms with Crippen LogP contribution >= 0.6 is 22.9 Å². The minimum Gasteiger partial charge on any atom is -0.492 e. The summed E-state index contributed by atoms with van der Waals surface area (Å²) in [6.07, 6.45) is 5.66. The minimum absolute atomic E-state index is 0.109. The Morgan fingerprint density at radius 1 is 0.776 bits per heavy atom. The van der Waals surface area contributed by atoms with E-state index in [2.05, 4.69) is 41.5 Å². The van der Waals surface area contributed by atoms with Gasteiger partial charge in [0.2, 0.25) is 17.7 Å². The fourth-order valence-corrected chi connectivity index (χ4v) is 13.8. The molecule has 4 aromatic carbocycles. The molecule has 26 nitrogen and oxygen atoms in total. The zero-order valence-corrected chi connectivity index (χ0v) is 57.0. The zero-order valence-electron chi connectivity index (χ0n) is 55.4. The topological polar surface area (TPSA) is 332 Å². The smallest absolute Gasteiger partial charge is 0.415 e. The molecule has 1 saturated heterocycles. The maximum Gasteiger partial charge on any atom is 0.415 e. The number of unbranched alkanes of at least 4 members (excludes halogenated alkanes) is 2. The van der Waals surface area contributed by atoms with Crippen molar-refractivity contribution in [2.45, 2.75) is 90.7 Å². The van der Waals surface area contributed by atoms with Crippen LogP contribution in [-0.2, 0) is 35.3 Å². The molecule has 518 valence electrons. The second kappa shape index (κ2) is 31.9. The number of imide groups is 1. The molecule has 3 aliphatic heterocycles. The van der Waals surface area contributed by atoms with E-state index in [1.807, 2.05) is 50.4 Å². The summed E-state index contributed by atoms with van der Waals surface area (Å²) in [6, 6.07) is 21.1. The lowest BCUT2D eigenvalue weighted by Crippen LogP contribution is -2.47. The Hall–Kier alpha value is -9.99. The van der Waals surface area contributed by atoms with Gasteiger partial charge in [-0.2, -0.15) is 0 Å². The number of carbonyl (C=O) groups is 10. The van der Waals surface area contributed by atoms with Crippen molar-refractivity contribution in [2.75, 3.05) is 101 Å².